The maximum atomic E-state index is 12.5. The van der Waals surface area contributed by atoms with Crippen LogP contribution in [0.5, 0.6) is 0 Å². The minimum atomic E-state index is -0.403. The third-order valence-electron chi connectivity index (χ3n) is 4.27. The van der Waals surface area contributed by atoms with Gasteiger partial charge in [-0.05, 0) is 33.3 Å². The van der Waals surface area contributed by atoms with E-state index in [1.54, 1.807) is 6.92 Å². The fraction of sp³-hybridized carbons (Fsp3) is 0.286. The Morgan fingerprint density at radius 1 is 1.17 bits per heavy atom. The molecular weight excluding hydrogens is 424 g/mol. The fourth-order valence-corrected chi connectivity index (χ4v) is 5.33. The highest BCUT2D eigenvalue weighted by Gasteiger charge is 2.22. The molecule has 0 aliphatic heterocycles. The zero-order chi connectivity index (χ0) is 21.0. The number of ether oxygens (including phenoxy) is 1. The fourth-order valence-electron chi connectivity index (χ4n) is 2.63. The average molecular weight is 447 g/mol. The smallest absolute Gasteiger partial charge is 0.341 e. The van der Waals surface area contributed by atoms with Gasteiger partial charge in [-0.15, -0.1) is 22.7 Å². The Balaban J connectivity index is 1.63. The molecule has 1 aromatic carbocycles. The van der Waals surface area contributed by atoms with Gasteiger partial charge in [-0.25, -0.2) is 9.78 Å². The maximum Gasteiger partial charge on any atom is 0.341 e. The topological polar surface area (TPSA) is 68.3 Å². The molecule has 0 bridgehead atoms. The van der Waals surface area contributed by atoms with Crippen molar-refractivity contribution in [2.45, 2.75) is 32.0 Å². The van der Waals surface area contributed by atoms with Crippen LogP contribution in [0.25, 0.3) is 11.3 Å². The maximum absolute atomic E-state index is 12.5. The van der Waals surface area contributed by atoms with Gasteiger partial charge in [0.2, 0.25) is 5.91 Å². The molecule has 2 heterocycles. The molecule has 3 aromatic rings. The number of aryl methyl sites for hydroxylation is 2. The number of amides is 1. The van der Waals surface area contributed by atoms with Crippen molar-refractivity contribution in [3.8, 4) is 11.3 Å². The van der Waals surface area contributed by atoms with Crippen LogP contribution >= 0.6 is 34.4 Å². The first-order chi connectivity index (χ1) is 13.9. The molecule has 0 saturated carbocycles. The predicted octanol–water partition coefficient (Wildman–Crippen LogP) is 5.70. The second kappa shape index (κ2) is 9.56. The molecule has 0 radical (unpaired) electrons. The van der Waals surface area contributed by atoms with Gasteiger partial charge in [-0.2, -0.15) is 0 Å². The zero-order valence-electron chi connectivity index (χ0n) is 16.7. The highest BCUT2D eigenvalue weighted by Crippen LogP contribution is 2.34. The summed E-state index contributed by atoms with van der Waals surface area (Å²) in [4.78, 5) is 30.3. The van der Waals surface area contributed by atoms with Crippen molar-refractivity contribution in [1.29, 1.82) is 0 Å². The van der Waals surface area contributed by atoms with Gasteiger partial charge in [0.1, 0.15) is 5.00 Å². The van der Waals surface area contributed by atoms with E-state index in [1.807, 2.05) is 31.4 Å². The normalized spacial score (nSPS) is 10.8. The lowest BCUT2D eigenvalue weighted by molar-refractivity contribution is -0.113. The van der Waals surface area contributed by atoms with Crippen LogP contribution in [0.3, 0.4) is 0 Å². The summed E-state index contributed by atoms with van der Waals surface area (Å²) < 4.78 is 5.96. The van der Waals surface area contributed by atoms with Crippen LogP contribution in [-0.4, -0.2) is 29.2 Å². The van der Waals surface area contributed by atoms with Crippen molar-refractivity contribution in [3.63, 3.8) is 0 Å². The summed E-state index contributed by atoms with van der Waals surface area (Å²) in [6, 6.07) is 8.20. The summed E-state index contributed by atoms with van der Waals surface area (Å²) in [7, 11) is 0. The van der Waals surface area contributed by atoms with E-state index < -0.39 is 5.97 Å². The molecule has 29 heavy (non-hydrogen) atoms. The summed E-state index contributed by atoms with van der Waals surface area (Å²) in [5.74, 6) is -0.354. The van der Waals surface area contributed by atoms with Crippen LogP contribution < -0.4 is 5.32 Å². The molecular formula is C21H22N2O3S3. The summed E-state index contributed by atoms with van der Waals surface area (Å²) in [6.07, 6.45) is 0. The summed E-state index contributed by atoms with van der Waals surface area (Å²) >= 11 is 4.30. The zero-order valence-corrected chi connectivity index (χ0v) is 19.1. The Kier molecular flexibility index (Phi) is 7.10. The highest BCUT2D eigenvalue weighted by atomic mass is 32.2. The number of thiazole rings is 1. The molecule has 1 amide bonds. The SMILES string of the molecule is CCOC(=O)c1c(NC(=O)CSc2nc(-c3ccc(C)cc3)cs2)sc(C)c1C. The molecule has 1 N–H and O–H groups in total. The van der Waals surface area contributed by atoms with Crippen LogP contribution in [0.4, 0.5) is 5.00 Å². The van der Waals surface area contributed by atoms with Crippen LogP contribution in [0.1, 0.15) is 33.3 Å². The predicted molar refractivity (Wildman–Crippen MR) is 121 cm³/mol. The third-order valence-corrected chi connectivity index (χ3v) is 7.42. The molecule has 8 heteroatoms. The van der Waals surface area contributed by atoms with Crippen molar-refractivity contribution in [2.24, 2.45) is 0 Å². The number of hydrogen-bond donors (Lipinski definition) is 1. The Bertz CT molecular complexity index is 1020. The second-order valence-corrected chi connectivity index (χ2v) is 9.71. The number of rotatable bonds is 7. The minimum absolute atomic E-state index is 0.172. The van der Waals surface area contributed by atoms with Crippen molar-refractivity contribution in [3.05, 3.63) is 51.2 Å². The number of hydrogen-bond acceptors (Lipinski definition) is 7. The molecule has 0 aliphatic carbocycles. The van der Waals surface area contributed by atoms with Crippen molar-refractivity contribution >= 4 is 51.3 Å². The van der Waals surface area contributed by atoms with Crippen molar-refractivity contribution < 1.29 is 14.3 Å². The Morgan fingerprint density at radius 3 is 2.59 bits per heavy atom. The first kappa shape index (κ1) is 21.5. The molecule has 5 nitrogen and oxygen atoms in total. The lowest BCUT2D eigenvalue weighted by Crippen LogP contribution is -2.16. The largest absolute Gasteiger partial charge is 0.462 e. The van der Waals surface area contributed by atoms with Gasteiger partial charge in [0, 0.05) is 15.8 Å². The lowest BCUT2D eigenvalue weighted by Gasteiger charge is -2.06. The van der Waals surface area contributed by atoms with Gasteiger partial charge >= 0.3 is 5.97 Å². The van der Waals surface area contributed by atoms with E-state index in [4.69, 9.17) is 4.74 Å². The van der Waals surface area contributed by atoms with Gasteiger partial charge in [0.25, 0.3) is 0 Å². The number of benzene rings is 1. The van der Waals surface area contributed by atoms with E-state index in [2.05, 4.69) is 29.4 Å². The molecule has 0 atom stereocenters. The lowest BCUT2D eigenvalue weighted by atomic mass is 10.1. The van der Waals surface area contributed by atoms with E-state index >= 15 is 0 Å². The first-order valence-corrected chi connectivity index (χ1v) is 11.8. The van der Waals surface area contributed by atoms with Crippen LogP contribution in [0.2, 0.25) is 0 Å². The van der Waals surface area contributed by atoms with E-state index in [0.29, 0.717) is 17.2 Å². The summed E-state index contributed by atoms with van der Waals surface area (Å²) in [5, 5.41) is 5.40. The van der Waals surface area contributed by atoms with E-state index in [9.17, 15) is 9.59 Å². The highest BCUT2D eigenvalue weighted by molar-refractivity contribution is 8.01. The number of thioether (sulfide) groups is 1. The van der Waals surface area contributed by atoms with E-state index in [1.165, 1.54) is 40.0 Å². The van der Waals surface area contributed by atoms with Crippen molar-refractivity contribution in [1.82, 2.24) is 4.98 Å². The summed E-state index contributed by atoms with van der Waals surface area (Å²) in [6.45, 7) is 7.90. The molecule has 152 valence electrons. The number of carbonyl (C=O) groups is 2. The number of aromatic nitrogens is 1. The Labute approximate surface area is 182 Å². The Hall–Kier alpha value is -2.16. The molecule has 2 aromatic heterocycles. The molecule has 3 rings (SSSR count). The number of thiophene rings is 1. The minimum Gasteiger partial charge on any atom is -0.462 e. The molecule has 0 fully saturated rings. The van der Waals surface area contributed by atoms with Gasteiger partial charge in [0.15, 0.2) is 4.34 Å². The van der Waals surface area contributed by atoms with Crippen LogP contribution in [0, 0.1) is 20.8 Å². The molecule has 0 saturated heterocycles. The van der Waals surface area contributed by atoms with Gasteiger partial charge < -0.3 is 10.1 Å². The number of carbonyl (C=O) groups excluding carboxylic acids is 2. The number of esters is 1. The van der Waals surface area contributed by atoms with Crippen molar-refractivity contribution in [2.75, 3.05) is 17.7 Å². The molecule has 0 unspecified atom stereocenters. The quantitative estimate of drug-likeness (QED) is 0.372. The second-order valence-electron chi connectivity index (χ2n) is 6.41. The third kappa shape index (κ3) is 5.26. The number of anilines is 1. The van der Waals surface area contributed by atoms with E-state index in [0.717, 1.165) is 26.0 Å². The van der Waals surface area contributed by atoms with Gasteiger partial charge in [-0.1, -0.05) is 41.6 Å². The number of nitrogens with zero attached hydrogens (tertiary/aromatic N) is 1. The monoisotopic (exact) mass is 446 g/mol. The van der Waals surface area contributed by atoms with Gasteiger partial charge in [0.05, 0.1) is 23.6 Å². The van der Waals surface area contributed by atoms with Gasteiger partial charge in [-0.3, -0.25) is 4.79 Å². The van der Waals surface area contributed by atoms with Crippen LogP contribution in [-0.2, 0) is 9.53 Å². The molecule has 0 aliphatic rings. The average Bonchev–Trinajstić information content (AvgIpc) is 3.26. The number of nitrogens with one attached hydrogen (secondary N) is 1. The standard InChI is InChI=1S/C21H22N2O3S3/c1-5-26-20(25)18-13(3)14(4)29-19(18)23-17(24)11-28-21-22-16(10-27-21)15-8-6-12(2)7-9-15/h6-10H,5,11H2,1-4H3,(H,23,24). The van der Waals surface area contributed by atoms with E-state index in [-0.39, 0.29) is 11.7 Å². The molecule has 0 spiro atoms. The van der Waals surface area contributed by atoms with Crippen LogP contribution in [0.15, 0.2) is 34.0 Å². The first-order valence-electron chi connectivity index (χ1n) is 9.11. The Morgan fingerprint density at radius 2 is 1.90 bits per heavy atom. The summed E-state index contributed by atoms with van der Waals surface area (Å²) in [5.41, 5.74) is 4.47.